The van der Waals surface area contributed by atoms with Crippen LogP contribution in [-0.4, -0.2) is 47.0 Å². The summed E-state index contributed by atoms with van der Waals surface area (Å²) in [4.78, 5) is 24.8. The minimum atomic E-state index is 0. The van der Waals surface area contributed by atoms with Gasteiger partial charge in [0.15, 0.2) is 0 Å². The van der Waals surface area contributed by atoms with Crippen molar-refractivity contribution < 1.29 is 4.79 Å². The number of nitrogen functional groups attached to an aromatic ring is 1. The van der Waals surface area contributed by atoms with Gasteiger partial charge >= 0.3 is 0 Å². The summed E-state index contributed by atoms with van der Waals surface area (Å²) in [5, 5.41) is 0. The molecule has 0 saturated carbocycles. The maximum absolute atomic E-state index is 12.4. The molecule has 1 aliphatic rings. The fourth-order valence-electron chi connectivity index (χ4n) is 2.45. The normalized spacial score (nSPS) is 13.7. The number of nitrogens with two attached hydrogens (primary N) is 1. The van der Waals surface area contributed by atoms with Crippen molar-refractivity contribution in [1.29, 1.82) is 0 Å². The van der Waals surface area contributed by atoms with Crippen LogP contribution in [0.1, 0.15) is 10.4 Å². The molecule has 0 bridgehead atoms. The second-order valence-corrected chi connectivity index (χ2v) is 4.97. The fraction of sp³-hybridized carbons (Fsp3) is 0.267. The van der Waals surface area contributed by atoms with Crippen LogP contribution in [-0.2, 0) is 0 Å². The maximum Gasteiger partial charge on any atom is 0.254 e. The third-order valence-electron chi connectivity index (χ3n) is 3.57. The summed E-state index contributed by atoms with van der Waals surface area (Å²) in [6.07, 6.45) is 5.08. The highest BCUT2D eigenvalue weighted by Gasteiger charge is 2.22. The van der Waals surface area contributed by atoms with Crippen molar-refractivity contribution >= 4 is 42.2 Å². The maximum atomic E-state index is 12.4. The lowest BCUT2D eigenvalue weighted by molar-refractivity contribution is 0.0746. The lowest BCUT2D eigenvalue weighted by Crippen LogP contribution is -2.49. The van der Waals surface area contributed by atoms with Gasteiger partial charge in [-0.1, -0.05) is 6.07 Å². The number of aromatic nitrogens is 2. The number of hydrogen-bond acceptors (Lipinski definition) is 5. The van der Waals surface area contributed by atoms with Crippen molar-refractivity contribution in [3.63, 3.8) is 0 Å². The Hall–Kier alpha value is -2.05. The van der Waals surface area contributed by atoms with Crippen LogP contribution in [0.15, 0.2) is 42.9 Å². The highest BCUT2D eigenvalue weighted by Crippen LogP contribution is 2.15. The molecule has 23 heavy (non-hydrogen) atoms. The number of piperazine rings is 1. The predicted octanol–water partition coefficient (Wildman–Crippen LogP) is 1.86. The highest BCUT2D eigenvalue weighted by molar-refractivity contribution is 5.95. The van der Waals surface area contributed by atoms with Gasteiger partial charge in [-0.2, -0.15) is 0 Å². The van der Waals surface area contributed by atoms with E-state index in [1.165, 1.54) is 0 Å². The molecule has 0 radical (unpaired) electrons. The van der Waals surface area contributed by atoms with E-state index in [9.17, 15) is 4.79 Å². The number of nitrogens with zero attached hydrogens (tertiary/aromatic N) is 4. The van der Waals surface area contributed by atoms with Crippen LogP contribution < -0.4 is 10.6 Å². The van der Waals surface area contributed by atoms with Crippen LogP contribution in [0.2, 0.25) is 0 Å². The number of benzene rings is 1. The number of amides is 1. The van der Waals surface area contributed by atoms with Gasteiger partial charge in [0.1, 0.15) is 5.82 Å². The molecule has 3 rings (SSSR count). The van der Waals surface area contributed by atoms with E-state index >= 15 is 0 Å². The second-order valence-electron chi connectivity index (χ2n) is 4.97. The summed E-state index contributed by atoms with van der Waals surface area (Å²) >= 11 is 0. The Morgan fingerprint density at radius 1 is 1.09 bits per heavy atom. The number of carbonyl (C=O) groups excluding carboxylic acids is 1. The third kappa shape index (κ3) is 4.46. The molecule has 1 fully saturated rings. The molecule has 0 aliphatic carbocycles. The van der Waals surface area contributed by atoms with Crippen molar-refractivity contribution in [1.82, 2.24) is 14.9 Å². The lowest BCUT2D eigenvalue weighted by Gasteiger charge is -2.35. The molecule has 2 aromatic rings. The smallest absolute Gasteiger partial charge is 0.254 e. The van der Waals surface area contributed by atoms with E-state index in [4.69, 9.17) is 5.73 Å². The first-order valence-corrected chi connectivity index (χ1v) is 6.90. The molecule has 0 unspecified atom stereocenters. The van der Waals surface area contributed by atoms with E-state index in [0.29, 0.717) is 24.3 Å². The Labute approximate surface area is 147 Å². The molecular formula is C15H19Cl2N5O. The molecule has 8 heteroatoms. The number of rotatable bonds is 2. The highest BCUT2D eigenvalue weighted by atomic mass is 35.5. The summed E-state index contributed by atoms with van der Waals surface area (Å²) in [6, 6.07) is 7.10. The van der Waals surface area contributed by atoms with E-state index in [2.05, 4.69) is 14.9 Å². The SMILES string of the molecule is Cl.Cl.Nc1cccc(C(=O)N2CCN(c3cnccn3)CC2)c1. The lowest BCUT2D eigenvalue weighted by atomic mass is 10.1. The molecule has 1 amide bonds. The largest absolute Gasteiger partial charge is 0.399 e. The van der Waals surface area contributed by atoms with E-state index < -0.39 is 0 Å². The molecule has 124 valence electrons. The predicted molar refractivity (Wildman–Crippen MR) is 95.5 cm³/mol. The van der Waals surface area contributed by atoms with Gasteiger partial charge in [0, 0.05) is 49.8 Å². The van der Waals surface area contributed by atoms with Gasteiger partial charge in [-0.05, 0) is 18.2 Å². The summed E-state index contributed by atoms with van der Waals surface area (Å²) < 4.78 is 0. The molecule has 6 nitrogen and oxygen atoms in total. The Bertz CT molecular complexity index is 633. The minimum Gasteiger partial charge on any atom is -0.399 e. The van der Waals surface area contributed by atoms with Crippen LogP contribution in [0.25, 0.3) is 0 Å². The van der Waals surface area contributed by atoms with Gasteiger partial charge in [0.25, 0.3) is 5.91 Å². The Morgan fingerprint density at radius 3 is 2.43 bits per heavy atom. The monoisotopic (exact) mass is 355 g/mol. The van der Waals surface area contributed by atoms with E-state index in [0.717, 1.165) is 18.9 Å². The quantitative estimate of drug-likeness (QED) is 0.832. The number of halogens is 2. The molecule has 0 atom stereocenters. The van der Waals surface area contributed by atoms with Crippen LogP contribution in [0, 0.1) is 0 Å². The van der Waals surface area contributed by atoms with Crippen molar-refractivity contribution in [2.75, 3.05) is 36.8 Å². The molecule has 1 aromatic heterocycles. The van der Waals surface area contributed by atoms with Crippen LogP contribution >= 0.6 is 24.8 Å². The average molecular weight is 356 g/mol. The van der Waals surface area contributed by atoms with E-state index in [-0.39, 0.29) is 30.7 Å². The summed E-state index contributed by atoms with van der Waals surface area (Å²) in [6.45, 7) is 2.86. The van der Waals surface area contributed by atoms with Crippen molar-refractivity contribution in [3.8, 4) is 0 Å². The average Bonchev–Trinajstić information content (AvgIpc) is 2.55. The summed E-state index contributed by atoms with van der Waals surface area (Å²) in [5.74, 6) is 0.884. The van der Waals surface area contributed by atoms with Crippen molar-refractivity contribution in [3.05, 3.63) is 48.4 Å². The first kappa shape index (κ1) is 19.0. The molecular weight excluding hydrogens is 337 g/mol. The topological polar surface area (TPSA) is 75.4 Å². The third-order valence-corrected chi connectivity index (χ3v) is 3.57. The first-order valence-electron chi connectivity index (χ1n) is 6.90. The van der Waals surface area contributed by atoms with Crippen LogP contribution in [0.4, 0.5) is 11.5 Å². The van der Waals surface area contributed by atoms with Crippen LogP contribution in [0.3, 0.4) is 0 Å². The van der Waals surface area contributed by atoms with Crippen LogP contribution in [0.5, 0.6) is 0 Å². The number of carbonyl (C=O) groups is 1. The zero-order valence-electron chi connectivity index (χ0n) is 12.5. The molecule has 2 heterocycles. The zero-order valence-corrected chi connectivity index (χ0v) is 14.1. The van der Waals surface area contributed by atoms with Gasteiger partial charge in [0.2, 0.25) is 0 Å². The van der Waals surface area contributed by atoms with Gasteiger partial charge in [0.05, 0.1) is 6.20 Å². The molecule has 0 spiro atoms. The number of hydrogen-bond donors (Lipinski definition) is 1. The van der Waals surface area contributed by atoms with E-state index in [1.54, 1.807) is 42.9 Å². The molecule has 1 aliphatic heterocycles. The fourth-order valence-corrected chi connectivity index (χ4v) is 2.45. The van der Waals surface area contributed by atoms with Gasteiger partial charge in [-0.3, -0.25) is 9.78 Å². The zero-order chi connectivity index (χ0) is 14.7. The molecule has 2 N–H and O–H groups in total. The van der Waals surface area contributed by atoms with E-state index in [1.807, 2.05) is 4.90 Å². The number of anilines is 2. The standard InChI is InChI=1S/C15H17N5O.2ClH/c16-13-3-1-2-12(10-13)15(21)20-8-6-19(7-9-20)14-11-17-4-5-18-14;;/h1-5,10-11H,6-9,16H2;2*1H. The Balaban J connectivity index is 0.00000132. The van der Waals surface area contributed by atoms with Gasteiger partial charge in [-0.25, -0.2) is 4.98 Å². The van der Waals surface area contributed by atoms with Gasteiger partial charge in [-0.15, -0.1) is 24.8 Å². The molecule has 1 saturated heterocycles. The summed E-state index contributed by atoms with van der Waals surface area (Å²) in [7, 11) is 0. The second kappa shape index (κ2) is 8.55. The summed E-state index contributed by atoms with van der Waals surface area (Å²) in [5.41, 5.74) is 6.98. The van der Waals surface area contributed by atoms with Crippen molar-refractivity contribution in [2.45, 2.75) is 0 Å². The Kier molecular flexibility index (Phi) is 7.06. The molecule has 1 aromatic carbocycles. The van der Waals surface area contributed by atoms with Crippen molar-refractivity contribution in [2.24, 2.45) is 0 Å². The first-order chi connectivity index (χ1) is 10.2. The Morgan fingerprint density at radius 2 is 1.83 bits per heavy atom. The minimum absolute atomic E-state index is 0. The van der Waals surface area contributed by atoms with Gasteiger partial charge < -0.3 is 15.5 Å².